The monoisotopic (exact) mass is 361 g/mol. The summed E-state index contributed by atoms with van der Waals surface area (Å²) in [5.41, 5.74) is 1.15. The lowest BCUT2D eigenvalue weighted by molar-refractivity contribution is -0.0511. The van der Waals surface area contributed by atoms with Crippen molar-refractivity contribution in [3.8, 4) is 0 Å². The summed E-state index contributed by atoms with van der Waals surface area (Å²) < 4.78 is 7.18. The van der Waals surface area contributed by atoms with Crippen molar-refractivity contribution >= 4 is 17.0 Å². The van der Waals surface area contributed by atoms with Gasteiger partial charge in [-0.05, 0) is 31.1 Å². The van der Waals surface area contributed by atoms with E-state index in [4.69, 9.17) is 4.74 Å². The highest BCUT2D eigenvalue weighted by Gasteiger charge is 2.44. The summed E-state index contributed by atoms with van der Waals surface area (Å²) >= 11 is 0. The van der Waals surface area contributed by atoms with Crippen LogP contribution in [0.1, 0.15) is 31.9 Å². The van der Waals surface area contributed by atoms with Gasteiger partial charge >= 0.3 is 0 Å². The van der Waals surface area contributed by atoms with Crippen molar-refractivity contribution in [2.45, 2.75) is 56.3 Å². The molecule has 0 aromatic carbocycles. The summed E-state index contributed by atoms with van der Waals surface area (Å²) in [6, 6.07) is 0.422. The number of hydrogen-bond donors (Lipinski definition) is 4. The van der Waals surface area contributed by atoms with E-state index in [9.17, 15) is 15.3 Å². The van der Waals surface area contributed by atoms with Gasteiger partial charge in [0.05, 0.1) is 12.9 Å². The molecule has 5 rings (SSSR count). The molecular formula is C17H23N5O4. The molecule has 9 nitrogen and oxygen atoms in total. The Morgan fingerprint density at radius 1 is 1.15 bits per heavy atom. The van der Waals surface area contributed by atoms with Gasteiger partial charge < -0.3 is 25.4 Å². The topological polar surface area (TPSA) is 126 Å². The van der Waals surface area contributed by atoms with Crippen LogP contribution in [0, 0.1) is 11.8 Å². The Morgan fingerprint density at radius 3 is 2.73 bits per heavy atom. The molecule has 7 atom stereocenters. The molecule has 2 saturated carbocycles. The quantitative estimate of drug-likeness (QED) is 0.601. The van der Waals surface area contributed by atoms with Gasteiger partial charge in [0, 0.05) is 6.04 Å². The third-order valence-corrected chi connectivity index (χ3v) is 6.21. The SMILES string of the molecule is OC[C@@H]1O[C@@H](n2cnc3c(NC4CC5CCC4C5)ncnc32)[C@@H](O)[C@@H]1O. The second-order valence-corrected chi connectivity index (χ2v) is 7.70. The number of aromatic nitrogens is 4. The number of aliphatic hydroxyl groups is 3. The minimum absolute atomic E-state index is 0.368. The molecule has 1 saturated heterocycles. The maximum Gasteiger partial charge on any atom is 0.167 e. The molecule has 4 N–H and O–H groups in total. The standard InChI is InChI=1S/C17H23N5O4/c23-5-11-13(24)14(25)17(26-11)22-7-20-12-15(18-6-19-16(12)22)21-10-4-8-1-2-9(10)3-8/h6-11,13-14,17,23-25H,1-5H2,(H,18,19,21)/t8?,9?,10?,11-,13+,14-,17+/m0/s1. The number of fused-ring (bicyclic) bond motifs is 3. The molecule has 3 unspecified atom stereocenters. The van der Waals surface area contributed by atoms with Gasteiger partial charge in [-0.25, -0.2) is 15.0 Å². The summed E-state index contributed by atoms with van der Waals surface area (Å²) in [6.07, 6.45) is 4.07. The van der Waals surface area contributed by atoms with E-state index in [2.05, 4.69) is 20.3 Å². The van der Waals surface area contributed by atoms with Crippen LogP contribution < -0.4 is 5.32 Å². The minimum Gasteiger partial charge on any atom is -0.394 e. The van der Waals surface area contributed by atoms with Crippen molar-refractivity contribution in [1.82, 2.24) is 19.5 Å². The predicted molar refractivity (Wildman–Crippen MR) is 91.2 cm³/mol. The molecule has 26 heavy (non-hydrogen) atoms. The highest BCUT2D eigenvalue weighted by molar-refractivity contribution is 5.82. The van der Waals surface area contributed by atoms with Crippen LogP contribution in [0.15, 0.2) is 12.7 Å². The number of rotatable bonds is 4. The van der Waals surface area contributed by atoms with E-state index < -0.39 is 24.5 Å². The first-order valence-corrected chi connectivity index (χ1v) is 9.22. The van der Waals surface area contributed by atoms with E-state index in [-0.39, 0.29) is 6.61 Å². The molecule has 0 radical (unpaired) electrons. The van der Waals surface area contributed by atoms with Gasteiger partial charge in [-0.3, -0.25) is 4.57 Å². The van der Waals surface area contributed by atoms with Gasteiger partial charge in [-0.15, -0.1) is 0 Å². The first-order chi connectivity index (χ1) is 12.7. The summed E-state index contributed by atoms with van der Waals surface area (Å²) in [5.74, 6) is 2.22. The van der Waals surface area contributed by atoms with E-state index in [0.29, 0.717) is 28.9 Å². The Balaban J connectivity index is 1.44. The highest BCUT2D eigenvalue weighted by atomic mass is 16.6. The molecule has 2 aromatic rings. The van der Waals surface area contributed by atoms with Crippen molar-refractivity contribution in [1.29, 1.82) is 0 Å². The number of nitrogens with one attached hydrogen (secondary N) is 1. The van der Waals surface area contributed by atoms with Gasteiger partial charge in [-0.2, -0.15) is 0 Å². The Morgan fingerprint density at radius 2 is 2.04 bits per heavy atom. The summed E-state index contributed by atoms with van der Waals surface area (Å²) in [4.78, 5) is 13.1. The van der Waals surface area contributed by atoms with E-state index in [1.807, 2.05) is 0 Å². The van der Waals surface area contributed by atoms with Crippen LogP contribution in [0.4, 0.5) is 5.82 Å². The fourth-order valence-electron chi connectivity index (χ4n) is 4.85. The van der Waals surface area contributed by atoms with Gasteiger partial charge in [0.25, 0.3) is 0 Å². The van der Waals surface area contributed by atoms with Crippen LogP contribution in [-0.4, -0.2) is 65.8 Å². The smallest absolute Gasteiger partial charge is 0.167 e. The Kier molecular flexibility index (Phi) is 3.85. The number of imidazole rings is 1. The highest BCUT2D eigenvalue weighted by Crippen LogP contribution is 2.45. The number of ether oxygens (including phenoxy) is 1. The van der Waals surface area contributed by atoms with Crippen molar-refractivity contribution in [2.24, 2.45) is 11.8 Å². The zero-order chi connectivity index (χ0) is 17.8. The third kappa shape index (κ3) is 2.42. The van der Waals surface area contributed by atoms with Crippen molar-refractivity contribution < 1.29 is 20.1 Å². The molecule has 2 aromatic heterocycles. The molecule has 140 valence electrons. The predicted octanol–water partition coefficient (Wildman–Crippen LogP) is 0.0383. The van der Waals surface area contributed by atoms with Crippen molar-refractivity contribution in [2.75, 3.05) is 11.9 Å². The van der Waals surface area contributed by atoms with Crippen molar-refractivity contribution in [3.63, 3.8) is 0 Å². The lowest BCUT2D eigenvalue weighted by Crippen LogP contribution is -2.33. The molecule has 9 heteroatoms. The largest absolute Gasteiger partial charge is 0.394 e. The summed E-state index contributed by atoms with van der Waals surface area (Å²) in [7, 11) is 0. The maximum absolute atomic E-state index is 10.3. The Bertz CT molecular complexity index is 814. The average molecular weight is 361 g/mol. The molecule has 3 heterocycles. The first kappa shape index (κ1) is 16.4. The third-order valence-electron chi connectivity index (χ3n) is 6.21. The van der Waals surface area contributed by atoms with E-state index in [1.54, 1.807) is 4.57 Å². The fourth-order valence-corrected chi connectivity index (χ4v) is 4.85. The second kappa shape index (κ2) is 6.12. The number of anilines is 1. The summed E-state index contributed by atoms with van der Waals surface area (Å²) in [6.45, 7) is -0.368. The molecule has 3 aliphatic rings. The van der Waals surface area contributed by atoms with Gasteiger partial charge in [-0.1, -0.05) is 6.42 Å². The lowest BCUT2D eigenvalue weighted by atomic mass is 9.95. The Hall–Kier alpha value is -1.81. The van der Waals surface area contributed by atoms with Gasteiger partial charge in [0.2, 0.25) is 0 Å². The van der Waals surface area contributed by atoms with E-state index >= 15 is 0 Å². The zero-order valence-corrected chi connectivity index (χ0v) is 14.3. The molecule has 0 spiro atoms. The fraction of sp³-hybridized carbons (Fsp3) is 0.706. The van der Waals surface area contributed by atoms with Crippen LogP contribution in [0.3, 0.4) is 0 Å². The first-order valence-electron chi connectivity index (χ1n) is 9.22. The molecule has 2 bridgehead atoms. The molecule has 3 fully saturated rings. The zero-order valence-electron chi connectivity index (χ0n) is 14.3. The second-order valence-electron chi connectivity index (χ2n) is 7.70. The maximum atomic E-state index is 10.3. The lowest BCUT2D eigenvalue weighted by Gasteiger charge is -2.23. The number of aliphatic hydroxyl groups excluding tert-OH is 3. The van der Waals surface area contributed by atoms with E-state index in [0.717, 1.165) is 5.92 Å². The summed E-state index contributed by atoms with van der Waals surface area (Å²) in [5, 5.41) is 33.1. The number of hydrogen-bond acceptors (Lipinski definition) is 8. The van der Waals surface area contributed by atoms with Gasteiger partial charge in [0.1, 0.15) is 24.6 Å². The van der Waals surface area contributed by atoms with Crippen LogP contribution >= 0.6 is 0 Å². The van der Waals surface area contributed by atoms with Crippen molar-refractivity contribution in [3.05, 3.63) is 12.7 Å². The van der Waals surface area contributed by atoms with Crippen LogP contribution in [0.5, 0.6) is 0 Å². The number of nitrogens with zero attached hydrogens (tertiary/aromatic N) is 4. The molecule has 2 aliphatic carbocycles. The molecular weight excluding hydrogens is 338 g/mol. The van der Waals surface area contributed by atoms with E-state index in [1.165, 1.54) is 38.3 Å². The molecule has 0 amide bonds. The van der Waals surface area contributed by atoms with Crippen LogP contribution in [0.25, 0.3) is 11.2 Å². The van der Waals surface area contributed by atoms with Gasteiger partial charge in [0.15, 0.2) is 23.2 Å². The average Bonchev–Trinajstić information content (AvgIpc) is 3.41. The van der Waals surface area contributed by atoms with Crippen LogP contribution in [-0.2, 0) is 4.74 Å². The minimum atomic E-state index is -1.17. The normalized spacial score (nSPS) is 39.1. The Labute approximate surface area is 150 Å². The van der Waals surface area contributed by atoms with Crippen LogP contribution in [0.2, 0.25) is 0 Å². The molecule has 1 aliphatic heterocycles.